The number of ether oxygens (including phenoxy) is 1. The maximum absolute atomic E-state index is 5.55. The first-order valence-electron chi connectivity index (χ1n) is 4.79. The van der Waals surface area contributed by atoms with Crippen molar-refractivity contribution in [3.05, 3.63) is 18.3 Å². The lowest BCUT2D eigenvalue weighted by Gasteiger charge is -2.37. The highest BCUT2D eigenvalue weighted by atomic mass is 16.5. The van der Waals surface area contributed by atoms with E-state index >= 15 is 0 Å². The van der Waals surface area contributed by atoms with Crippen LogP contribution in [0.25, 0.3) is 0 Å². The highest BCUT2D eigenvalue weighted by Gasteiger charge is 2.28. The summed E-state index contributed by atoms with van der Waals surface area (Å²) in [4.78, 5) is 10.8. The molecule has 0 aliphatic carbocycles. The number of pyridine rings is 1. The van der Waals surface area contributed by atoms with Gasteiger partial charge in [0, 0.05) is 19.0 Å². The van der Waals surface area contributed by atoms with Gasteiger partial charge >= 0.3 is 0 Å². The smallest absolute Gasteiger partial charge is 0.237 e. The van der Waals surface area contributed by atoms with Gasteiger partial charge in [-0.25, -0.2) is 4.98 Å². The van der Waals surface area contributed by atoms with Crippen LogP contribution in [-0.4, -0.2) is 36.9 Å². The van der Waals surface area contributed by atoms with Gasteiger partial charge in [0.2, 0.25) is 5.88 Å². The summed E-state index contributed by atoms with van der Waals surface area (Å²) in [6.07, 6.45) is 3.73. The lowest BCUT2D eigenvalue weighted by atomic mass is 10.2. The van der Waals surface area contributed by atoms with Gasteiger partial charge < -0.3 is 9.64 Å². The number of hydrogen-bond acceptors (Lipinski definition) is 4. The van der Waals surface area contributed by atoms with Crippen LogP contribution in [0.2, 0.25) is 0 Å². The normalized spacial score (nSPS) is 23.7. The maximum atomic E-state index is 5.55. The van der Waals surface area contributed by atoms with Crippen LogP contribution in [0.3, 0.4) is 0 Å². The van der Waals surface area contributed by atoms with Gasteiger partial charge in [-0.15, -0.1) is 0 Å². The lowest BCUT2D eigenvalue weighted by molar-refractivity contribution is 0.277. The molecule has 14 heavy (non-hydrogen) atoms. The van der Waals surface area contributed by atoms with Crippen molar-refractivity contribution in [3.63, 3.8) is 0 Å². The lowest BCUT2D eigenvalue weighted by Crippen LogP contribution is -2.47. The molecule has 72 valence electrons. The average Bonchev–Trinajstić information content (AvgIpc) is 2.29. The number of aliphatic imine (C=N–C) groups is 1. The fourth-order valence-electron chi connectivity index (χ4n) is 1.92. The molecule has 3 heterocycles. The molecule has 0 N–H and O–H groups in total. The van der Waals surface area contributed by atoms with Gasteiger partial charge in [-0.3, -0.25) is 4.99 Å². The van der Waals surface area contributed by atoms with Crippen molar-refractivity contribution in [1.29, 1.82) is 0 Å². The second-order valence-corrected chi connectivity index (χ2v) is 3.45. The van der Waals surface area contributed by atoms with Crippen molar-refractivity contribution in [2.24, 2.45) is 4.99 Å². The van der Waals surface area contributed by atoms with E-state index in [-0.39, 0.29) is 0 Å². The van der Waals surface area contributed by atoms with Crippen LogP contribution in [-0.2, 0) is 0 Å². The third-order valence-corrected chi connectivity index (χ3v) is 2.60. The van der Waals surface area contributed by atoms with Crippen molar-refractivity contribution in [1.82, 2.24) is 4.98 Å². The van der Waals surface area contributed by atoms with Crippen molar-refractivity contribution in [2.75, 3.05) is 24.6 Å². The average molecular weight is 189 g/mol. The van der Waals surface area contributed by atoms with E-state index in [1.807, 2.05) is 18.3 Å². The van der Waals surface area contributed by atoms with Crippen LogP contribution < -0.4 is 9.64 Å². The molecule has 0 amide bonds. The zero-order valence-electron chi connectivity index (χ0n) is 7.76. The van der Waals surface area contributed by atoms with Gasteiger partial charge in [-0.05, 0) is 12.1 Å². The SMILES string of the molecule is C1=NCCN2c3cccnc3OC[C@@H]12. The minimum absolute atomic E-state index is 0.292. The quantitative estimate of drug-likeness (QED) is 0.604. The molecule has 1 aromatic heterocycles. The Kier molecular flexibility index (Phi) is 1.65. The molecule has 0 bridgehead atoms. The highest BCUT2D eigenvalue weighted by molar-refractivity contribution is 5.75. The Morgan fingerprint density at radius 1 is 1.50 bits per heavy atom. The summed E-state index contributed by atoms with van der Waals surface area (Å²) in [6, 6.07) is 4.28. The molecule has 2 aliphatic rings. The molecule has 0 radical (unpaired) electrons. The fourth-order valence-corrected chi connectivity index (χ4v) is 1.92. The molecule has 3 rings (SSSR count). The third-order valence-electron chi connectivity index (χ3n) is 2.60. The number of hydrogen-bond donors (Lipinski definition) is 0. The number of nitrogens with zero attached hydrogens (tertiary/aromatic N) is 3. The molecule has 4 nitrogen and oxygen atoms in total. The first-order valence-corrected chi connectivity index (χ1v) is 4.79. The Morgan fingerprint density at radius 3 is 3.50 bits per heavy atom. The minimum Gasteiger partial charge on any atom is -0.474 e. The molecule has 0 spiro atoms. The largest absolute Gasteiger partial charge is 0.474 e. The van der Waals surface area contributed by atoms with E-state index in [0.717, 1.165) is 24.7 Å². The molecule has 0 aromatic carbocycles. The second-order valence-electron chi connectivity index (χ2n) is 3.45. The van der Waals surface area contributed by atoms with Crippen molar-refractivity contribution in [3.8, 4) is 5.88 Å². The monoisotopic (exact) mass is 189 g/mol. The van der Waals surface area contributed by atoms with Crippen LogP contribution >= 0.6 is 0 Å². The Hall–Kier alpha value is -1.58. The number of fused-ring (bicyclic) bond motifs is 3. The van der Waals surface area contributed by atoms with Gasteiger partial charge in [-0.1, -0.05) is 0 Å². The number of rotatable bonds is 0. The molecule has 4 heteroatoms. The van der Waals surface area contributed by atoms with Gasteiger partial charge in [0.15, 0.2) is 0 Å². The Labute approximate surface area is 82.2 Å². The molecule has 0 saturated heterocycles. The standard InChI is InChI=1S/C10H11N3O/c1-2-9-10(12-3-1)14-7-8-6-11-4-5-13(8)9/h1-3,6,8H,4-5,7H2/t8-/m1/s1. The topological polar surface area (TPSA) is 37.7 Å². The third kappa shape index (κ3) is 1.07. The molecular formula is C10H11N3O. The van der Waals surface area contributed by atoms with Crippen molar-refractivity contribution < 1.29 is 4.74 Å². The molecular weight excluding hydrogens is 178 g/mol. The predicted molar refractivity (Wildman–Crippen MR) is 54.2 cm³/mol. The Bertz CT molecular complexity index is 377. The molecule has 0 unspecified atom stereocenters. The number of aromatic nitrogens is 1. The van der Waals surface area contributed by atoms with E-state index in [4.69, 9.17) is 4.74 Å². The van der Waals surface area contributed by atoms with Crippen molar-refractivity contribution in [2.45, 2.75) is 6.04 Å². The van der Waals surface area contributed by atoms with E-state index < -0.39 is 0 Å². The van der Waals surface area contributed by atoms with E-state index in [1.54, 1.807) is 6.20 Å². The molecule has 1 aromatic rings. The summed E-state index contributed by atoms with van der Waals surface area (Å²) < 4.78 is 5.55. The second kappa shape index (κ2) is 2.97. The van der Waals surface area contributed by atoms with Crippen LogP contribution in [0.4, 0.5) is 5.69 Å². The van der Waals surface area contributed by atoms with Gasteiger partial charge in [0.1, 0.15) is 12.3 Å². The summed E-state index contributed by atoms with van der Waals surface area (Å²) in [5, 5.41) is 0. The molecule has 0 saturated carbocycles. The summed E-state index contributed by atoms with van der Waals surface area (Å²) in [5.74, 6) is 0.749. The molecule has 1 atom stereocenters. The zero-order chi connectivity index (χ0) is 9.38. The van der Waals surface area contributed by atoms with Gasteiger partial charge in [-0.2, -0.15) is 0 Å². The van der Waals surface area contributed by atoms with Crippen LogP contribution in [0.1, 0.15) is 0 Å². The molecule has 0 fully saturated rings. The first-order chi connectivity index (χ1) is 6.95. The van der Waals surface area contributed by atoms with Crippen LogP contribution in [0, 0.1) is 0 Å². The van der Waals surface area contributed by atoms with Gasteiger partial charge in [0.25, 0.3) is 0 Å². The van der Waals surface area contributed by atoms with E-state index in [9.17, 15) is 0 Å². The van der Waals surface area contributed by atoms with E-state index in [2.05, 4.69) is 14.9 Å². The first kappa shape index (κ1) is 7.79. The van der Waals surface area contributed by atoms with E-state index in [0.29, 0.717) is 12.6 Å². The highest BCUT2D eigenvalue weighted by Crippen LogP contribution is 2.31. The summed E-state index contributed by atoms with van der Waals surface area (Å²) in [7, 11) is 0. The fraction of sp³-hybridized carbons (Fsp3) is 0.400. The summed E-state index contributed by atoms with van der Waals surface area (Å²) >= 11 is 0. The number of anilines is 1. The summed E-state index contributed by atoms with van der Waals surface area (Å²) in [5.41, 5.74) is 1.09. The van der Waals surface area contributed by atoms with Crippen molar-refractivity contribution >= 4 is 11.9 Å². The molecule has 2 aliphatic heterocycles. The van der Waals surface area contributed by atoms with E-state index in [1.165, 1.54) is 0 Å². The zero-order valence-corrected chi connectivity index (χ0v) is 7.76. The van der Waals surface area contributed by atoms with Crippen LogP contribution in [0.15, 0.2) is 23.3 Å². The Balaban J connectivity index is 2.04. The minimum atomic E-state index is 0.292. The predicted octanol–water partition coefficient (Wildman–Crippen LogP) is 0.733. The Morgan fingerprint density at radius 2 is 2.50 bits per heavy atom. The van der Waals surface area contributed by atoms with Gasteiger partial charge in [0.05, 0.1) is 12.6 Å². The maximum Gasteiger partial charge on any atom is 0.237 e. The van der Waals surface area contributed by atoms with Crippen LogP contribution in [0.5, 0.6) is 5.88 Å². The summed E-state index contributed by atoms with van der Waals surface area (Å²) in [6.45, 7) is 2.49.